The number of hydrogen-bond donors (Lipinski definition) is 1. The number of hydrogen-bond acceptors (Lipinski definition) is 2. The van der Waals surface area contributed by atoms with Gasteiger partial charge in [-0.3, -0.25) is 4.79 Å². The number of primary amides is 1. The normalized spacial score (nSPS) is 12.6. The summed E-state index contributed by atoms with van der Waals surface area (Å²) in [5.74, 6) is 0.537. The standard InChI is InChI=1S/C26H41NO2/c1-3-4-5-6-7-8-9-10-11-12-13-14-15-16-19-24(26(27)28)21-23-18-17-20-25(22-23)29-2/h7-8,10-11,17-18,20,22,24H,3-6,9,12-16,19,21H2,1-2H3,(H2,27,28)/b8-7-,11-10-. The summed E-state index contributed by atoms with van der Waals surface area (Å²) in [4.78, 5) is 11.8. The highest BCUT2D eigenvalue weighted by atomic mass is 16.5. The molecule has 0 radical (unpaired) electrons. The van der Waals surface area contributed by atoms with Crippen molar-refractivity contribution in [3.8, 4) is 5.75 Å². The summed E-state index contributed by atoms with van der Waals surface area (Å²) >= 11 is 0. The van der Waals surface area contributed by atoms with Crippen molar-refractivity contribution in [2.24, 2.45) is 11.7 Å². The van der Waals surface area contributed by atoms with E-state index in [-0.39, 0.29) is 11.8 Å². The van der Waals surface area contributed by atoms with Crippen molar-refractivity contribution in [2.45, 2.75) is 84.0 Å². The van der Waals surface area contributed by atoms with E-state index in [1.807, 2.05) is 24.3 Å². The summed E-state index contributed by atoms with van der Waals surface area (Å²) in [6.07, 6.45) is 22.7. The average Bonchev–Trinajstić information content (AvgIpc) is 2.73. The van der Waals surface area contributed by atoms with E-state index >= 15 is 0 Å². The second-order valence-corrected chi connectivity index (χ2v) is 7.82. The summed E-state index contributed by atoms with van der Waals surface area (Å²) in [6, 6.07) is 7.90. The first-order valence-corrected chi connectivity index (χ1v) is 11.4. The van der Waals surface area contributed by atoms with Crippen molar-refractivity contribution >= 4 is 5.91 Å². The van der Waals surface area contributed by atoms with Crippen LogP contribution in [0, 0.1) is 5.92 Å². The third-order valence-corrected chi connectivity index (χ3v) is 5.27. The molecular weight excluding hydrogens is 358 g/mol. The van der Waals surface area contributed by atoms with Crippen LogP contribution in [0.2, 0.25) is 0 Å². The number of unbranched alkanes of at least 4 members (excludes halogenated alkanes) is 7. The SMILES string of the molecule is CCCCC/C=C\C/C=C\CCCCCCC(Cc1cccc(OC)c1)C(N)=O. The first-order valence-electron chi connectivity index (χ1n) is 11.4. The molecule has 0 saturated carbocycles. The van der Waals surface area contributed by atoms with Gasteiger partial charge in [0.1, 0.15) is 5.75 Å². The van der Waals surface area contributed by atoms with Crippen LogP contribution in [0.15, 0.2) is 48.6 Å². The van der Waals surface area contributed by atoms with Crippen molar-refractivity contribution in [1.82, 2.24) is 0 Å². The Hall–Kier alpha value is -2.03. The molecule has 1 aromatic carbocycles. The Kier molecular flexibility index (Phi) is 14.6. The van der Waals surface area contributed by atoms with Crippen molar-refractivity contribution in [3.05, 3.63) is 54.1 Å². The predicted octanol–water partition coefficient (Wildman–Crippen LogP) is 6.76. The van der Waals surface area contributed by atoms with E-state index in [2.05, 4.69) is 31.2 Å². The van der Waals surface area contributed by atoms with Crippen LogP contribution in [0.3, 0.4) is 0 Å². The molecular formula is C26H41NO2. The van der Waals surface area contributed by atoms with Crippen LogP contribution in [0.25, 0.3) is 0 Å². The van der Waals surface area contributed by atoms with E-state index in [0.717, 1.165) is 43.4 Å². The molecule has 29 heavy (non-hydrogen) atoms. The topological polar surface area (TPSA) is 52.3 Å². The van der Waals surface area contributed by atoms with E-state index in [4.69, 9.17) is 10.5 Å². The summed E-state index contributed by atoms with van der Waals surface area (Å²) in [6.45, 7) is 2.24. The molecule has 1 amide bonds. The summed E-state index contributed by atoms with van der Waals surface area (Å²) in [5.41, 5.74) is 6.73. The monoisotopic (exact) mass is 399 g/mol. The lowest BCUT2D eigenvalue weighted by molar-refractivity contribution is -0.122. The minimum absolute atomic E-state index is 0.0916. The molecule has 0 fully saturated rings. The van der Waals surface area contributed by atoms with Crippen LogP contribution in [-0.2, 0) is 11.2 Å². The number of allylic oxidation sites excluding steroid dienone is 4. The van der Waals surface area contributed by atoms with E-state index in [1.165, 1.54) is 38.5 Å². The van der Waals surface area contributed by atoms with Gasteiger partial charge < -0.3 is 10.5 Å². The minimum atomic E-state index is -0.196. The highest BCUT2D eigenvalue weighted by Gasteiger charge is 2.15. The molecule has 162 valence electrons. The fourth-order valence-electron chi connectivity index (χ4n) is 3.45. The molecule has 0 aliphatic carbocycles. The quantitative estimate of drug-likeness (QED) is 0.232. The Morgan fingerprint density at radius 1 is 1.00 bits per heavy atom. The number of carbonyl (C=O) groups excluding carboxylic acids is 1. The molecule has 0 heterocycles. The zero-order chi connectivity index (χ0) is 21.2. The Bertz CT molecular complexity index is 606. The van der Waals surface area contributed by atoms with Crippen LogP contribution < -0.4 is 10.5 Å². The largest absolute Gasteiger partial charge is 0.497 e. The number of ether oxygens (including phenoxy) is 1. The van der Waals surface area contributed by atoms with Gasteiger partial charge in [-0.1, -0.05) is 75.5 Å². The van der Waals surface area contributed by atoms with Gasteiger partial charge in [0.15, 0.2) is 0 Å². The van der Waals surface area contributed by atoms with Crippen LogP contribution in [-0.4, -0.2) is 13.0 Å². The average molecular weight is 400 g/mol. The number of methoxy groups -OCH3 is 1. The zero-order valence-electron chi connectivity index (χ0n) is 18.6. The highest BCUT2D eigenvalue weighted by Crippen LogP contribution is 2.20. The molecule has 0 spiro atoms. The Balaban J connectivity index is 2.12. The van der Waals surface area contributed by atoms with Gasteiger partial charge in [-0.2, -0.15) is 0 Å². The van der Waals surface area contributed by atoms with Gasteiger partial charge in [-0.15, -0.1) is 0 Å². The van der Waals surface area contributed by atoms with Crippen molar-refractivity contribution in [1.29, 1.82) is 0 Å². The summed E-state index contributed by atoms with van der Waals surface area (Å²) in [7, 11) is 1.66. The molecule has 1 unspecified atom stereocenters. The zero-order valence-corrected chi connectivity index (χ0v) is 18.6. The van der Waals surface area contributed by atoms with Gasteiger partial charge in [-0.25, -0.2) is 0 Å². The first kappa shape index (κ1) is 25.0. The summed E-state index contributed by atoms with van der Waals surface area (Å²) in [5, 5.41) is 0. The van der Waals surface area contributed by atoms with Gasteiger partial charge in [0, 0.05) is 5.92 Å². The molecule has 0 aliphatic heterocycles. The lowest BCUT2D eigenvalue weighted by Gasteiger charge is -2.14. The smallest absolute Gasteiger partial charge is 0.220 e. The molecule has 0 bridgehead atoms. The number of nitrogens with two attached hydrogens (primary N) is 1. The molecule has 0 aromatic heterocycles. The lowest BCUT2D eigenvalue weighted by Crippen LogP contribution is -2.25. The van der Waals surface area contributed by atoms with E-state index in [9.17, 15) is 4.79 Å². The number of benzene rings is 1. The van der Waals surface area contributed by atoms with Crippen molar-refractivity contribution < 1.29 is 9.53 Å². The van der Waals surface area contributed by atoms with Crippen LogP contribution in [0.1, 0.15) is 83.1 Å². The van der Waals surface area contributed by atoms with E-state index in [1.54, 1.807) is 7.11 Å². The third-order valence-electron chi connectivity index (χ3n) is 5.27. The first-order chi connectivity index (χ1) is 14.2. The Morgan fingerprint density at radius 3 is 2.34 bits per heavy atom. The van der Waals surface area contributed by atoms with Gasteiger partial charge in [0.05, 0.1) is 7.11 Å². The molecule has 2 N–H and O–H groups in total. The maximum atomic E-state index is 11.8. The Labute approximate surface area is 178 Å². The fraction of sp³-hybridized carbons (Fsp3) is 0.577. The Morgan fingerprint density at radius 2 is 1.69 bits per heavy atom. The summed E-state index contributed by atoms with van der Waals surface area (Å²) < 4.78 is 5.26. The molecule has 1 rings (SSSR count). The highest BCUT2D eigenvalue weighted by molar-refractivity contribution is 5.76. The van der Waals surface area contributed by atoms with Gasteiger partial charge in [0.25, 0.3) is 0 Å². The minimum Gasteiger partial charge on any atom is -0.497 e. The molecule has 1 aromatic rings. The van der Waals surface area contributed by atoms with Crippen LogP contribution in [0.4, 0.5) is 0 Å². The number of amides is 1. The molecule has 0 aliphatic rings. The van der Waals surface area contributed by atoms with E-state index in [0.29, 0.717) is 6.42 Å². The maximum absolute atomic E-state index is 11.8. The molecule has 3 heteroatoms. The lowest BCUT2D eigenvalue weighted by atomic mass is 9.93. The maximum Gasteiger partial charge on any atom is 0.220 e. The molecule has 1 atom stereocenters. The molecule has 3 nitrogen and oxygen atoms in total. The van der Waals surface area contributed by atoms with Gasteiger partial charge in [0.2, 0.25) is 5.91 Å². The number of carbonyl (C=O) groups is 1. The van der Waals surface area contributed by atoms with E-state index < -0.39 is 0 Å². The predicted molar refractivity (Wildman–Crippen MR) is 124 cm³/mol. The van der Waals surface area contributed by atoms with Crippen molar-refractivity contribution in [3.63, 3.8) is 0 Å². The number of rotatable bonds is 17. The molecule has 0 saturated heterocycles. The van der Waals surface area contributed by atoms with Crippen molar-refractivity contribution in [2.75, 3.05) is 7.11 Å². The van der Waals surface area contributed by atoms with Crippen LogP contribution in [0.5, 0.6) is 5.75 Å². The van der Waals surface area contributed by atoms with Gasteiger partial charge in [-0.05, 0) is 62.6 Å². The van der Waals surface area contributed by atoms with Gasteiger partial charge >= 0.3 is 0 Å². The second kappa shape index (κ2) is 16.9. The van der Waals surface area contributed by atoms with Crippen LogP contribution >= 0.6 is 0 Å². The third kappa shape index (κ3) is 12.9. The second-order valence-electron chi connectivity index (χ2n) is 7.82. The fourth-order valence-corrected chi connectivity index (χ4v) is 3.45.